The number of carbonyl (C=O) groups excluding carboxylic acids is 1. The van der Waals surface area contributed by atoms with Gasteiger partial charge in [0.1, 0.15) is 5.82 Å². The Balaban J connectivity index is 2.64. The first-order valence-electron chi connectivity index (χ1n) is 5.04. The average molecular weight is 284 g/mol. The molecule has 2 aromatic carbocycles. The highest BCUT2D eigenvalue weighted by Gasteiger charge is 2.11. The number of carbonyl (C=O) groups is 1. The highest BCUT2D eigenvalue weighted by molar-refractivity contribution is 6.43. The lowest BCUT2D eigenvalue weighted by atomic mass is 10.0. The van der Waals surface area contributed by atoms with E-state index in [9.17, 15) is 9.18 Å². The Kier molecular flexibility index (Phi) is 3.55. The molecule has 0 aliphatic carbocycles. The van der Waals surface area contributed by atoms with Gasteiger partial charge in [-0.15, -0.1) is 0 Å². The molecule has 0 saturated carbocycles. The lowest BCUT2D eigenvalue weighted by molar-refractivity contribution is 0.1000. The highest BCUT2D eigenvalue weighted by Crippen LogP contribution is 2.34. The van der Waals surface area contributed by atoms with Crippen molar-refractivity contribution < 1.29 is 9.18 Å². The zero-order valence-corrected chi connectivity index (χ0v) is 10.6. The molecule has 0 radical (unpaired) electrons. The predicted molar refractivity (Wildman–Crippen MR) is 70.4 cm³/mol. The Bertz CT molecular complexity index is 628. The first-order chi connectivity index (χ1) is 8.49. The second-order valence-electron chi connectivity index (χ2n) is 3.69. The van der Waals surface area contributed by atoms with Crippen LogP contribution in [0.25, 0.3) is 11.1 Å². The minimum atomic E-state index is -0.700. The summed E-state index contributed by atoms with van der Waals surface area (Å²) in [5, 5.41) is 0.666. The summed E-state index contributed by atoms with van der Waals surface area (Å²) in [5.74, 6) is -1.26. The summed E-state index contributed by atoms with van der Waals surface area (Å²) in [6, 6.07) is 8.82. The van der Waals surface area contributed by atoms with E-state index in [4.69, 9.17) is 28.9 Å². The molecule has 0 aliphatic heterocycles. The van der Waals surface area contributed by atoms with Crippen LogP contribution >= 0.6 is 23.2 Å². The molecule has 0 unspecified atom stereocenters. The molecule has 2 aromatic rings. The summed E-state index contributed by atoms with van der Waals surface area (Å²) in [6.07, 6.45) is 0. The third-order valence-electron chi connectivity index (χ3n) is 2.44. The normalized spacial score (nSPS) is 10.4. The van der Waals surface area contributed by atoms with E-state index in [0.717, 1.165) is 6.07 Å². The van der Waals surface area contributed by atoms with Crippen LogP contribution in [-0.4, -0.2) is 5.91 Å². The third-order valence-corrected chi connectivity index (χ3v) is 3.26. The zero-order valence-electron chi connectivity index (χ0n) is 9.08. The maximum Gasteiger partial charge on any atom is 0.248 e. The molecular weight excluding hydrogens is 276 g/mol. The largest absolute Gasteiger partial charge is 0.366 e. The van der Waals surface area contributed by atoms with Gasteiger partial charge in [0.25, 0.3) is 0 Å². The lowest BCUT2D eigenvalue weighted by Gasteiger charge is -2.07. The van der Waals surface area contributed by atoms with Gasteiger partial charge >= 0.3 is 0 Å². The van der Waals surface area contributed by atoms with E-state index in [1.807, 2.05) is 0 Å². The first kappa shape index (κ1) is 12.9. The Labute approximate surface area is 113 Å². The number of hydrogen-bond acceptors (Lipinski definition) is 1. The lowest BCUT2D eigenvalue weighted by Crippen LogP contribution is -2.11. The van der Waals surface area contributed by atoms with Crippen molar-refractivity contribution in [3.05, 3.63) is 57.8 Å². The predicted octanol–water partition coefficient (Wildman–Crippen LogP) is 3.90. The topological polar surface area (TPSA) is 43.1 Å². The van der Waals surface area contributed by atoms with Gasteiger partial charge in [0.05, 0.1) is 10.0 Å². The summed E-state index contributed by atoms with van der Waals surface area (Å²) >= 11 is 11.9. The molecule has 18 heavy (non-hydrogen) atoms. The number of rotatable bonds is 2. The molecule has 0 atom stereocenters. The smallest absolute Gasteiger partial charge is 0.248 e. The first-order valence-corrected chi connectivity index (χ1v) is 5.79. The van der Waals surface area contributed by atoms with Crippen LogP contribution in [0, 0.1) is 5.82 Å². The fraction of sp³-hybridized carbons (Fsp3) is 0. The average Bonchev–Trinajstić information content (AvgIpc) is 2.31. The molecule has 0 aliphatic rings. The zero-order chi connectivity index (χ0) is 13.3. The van der Waals surface area contributed by atoms with Gasteiger partial charge in [0, 0.05) is 11.1 Å². The molecule has 2 nitrogen and oxygen atoms in total. The molecular formula is C13H8Cl2FNO. The van der Waals surface area contributed by atoms with Crippen molar-refractivity contribution in [2.45, 2.75) is 0 Å². The Hall–Kier alpha value is -1.58. The van der Waals surface area contributed by atoms with E-state index in [1.165, 1.54) is 12.1 Å². The van der Waals surface area contributed by atoms with Crippen molar-refractivity contribution in [1.82, 2.24) is 0 Å². The van der Waals surface area contributed by atoms with Crippen molar-refractivity contribution in [3.63, 3.8) is 0 Å². The van der Waals surface area contributed by atoms with E-state index < -0.39 is 11.7 Å². The summed E-state index contributed by atoms with van der Waals surface area (Å²) in [4.78, 5) is 11.1. The summed E-state index contributed by atoms with van der Waals surface area (Å²) in [7, 11) is 0. The van der Waals surface area contributed by atoms with Crippen LogP contribution in [-0.2, 0) is 0 Å². The van der Waals surface area contributed by atoms with Crippen molar-refractivity contribution in [1.29, 1.82) is 0 Å². The molecule has 2 N–H and O–H groups in total. The monoisotopic (exact) mass is 283 g/mol. The number of amides is 1. The van der Waals surface area contributed by atoms with E-state index in [2.05, 4.69) is 0 Å². The van der Waals surface area contributed by atoms with Gasteiger partial charge in [-0.2, -0.15) is 0 Å². The molecule has 0 heterocycles. The van der Waals surface area contributed by atoms with Gasteiger partial charge in [0.15, 0.2) is 0 Å². The molecule has 1 amide bonds. The summed E-state index contributed by atoms with van der Waals surface area (Å²) < 4.78 is 13.4. The van der Waals surface area contributed by atoms with Crippen molar-refractivity contribution >= 4 is 29.1 Å². The molecule has 0 fully saturated rings. The number of halogens is 3. The molecule has 0 aromatic heterocycles. The van der Waals surface area contributed by atoms with Crippen molar-refractivity contribution in [2.75, 3.05) is 0 Å². The quantitative estimate of drug-likeness (QED) is 0.893. The van der Waals surface area contributed by atoms with Crippen LogP contribution < -0.4 is 5.73 Å². The van der Waals surface area contributed by atoms with Crippen molar-refractivity contribution in [3.8, 4) is 11.1 Å². The van der Waals surface area contributed by atoms with Crippen LogP contribution in [0.2, 0.25) is 10.0 Å². The number of primary amides is 1. The summed E-state index contributed by atoms with van der Waals surface area (Å²) in [5.41, 5.74) is 6.22. The van der Waals surface area contributed by atoms with Gasteiger partial charge < -0.3 is 5.73 Å². The van der Waals surface area contributed by atoms with Gasteiger partial charge in [-0.3, -0.25) is 4.79 Å². The minimum absolute atomic E-state index is 0.0843. The number of hydrogen-bond donors (Lipinski definition) is 1. The van der Waals surface area contributed by atoms with Crippen LogP contribution in [0.15, 0.2) is 36.4 Å². The highest BCUT2D eigenvalue weighted by atomic mass is 35.5. The fourth-order valence-electron chi connectivity index (χ4n) is 1.61. The summed E-state index contributed by atoms with van der Waals surface area (Å²) in [6.45, 7) is 0. The molecule has 0 spiro atoms. The number of nitrogens with two attached hydrogens (primary N) is 1. The van der Waals surface area contributed by atoms with E-state index in [-0.39, 0.29) is 5.56 Å². The van der Waals surface area contributed by atoms with E-state index in [0.29, 0.717) is 21.2 Å². The van der Waals surface area contributed by atoms with Gasteiger partial charge in [-0.1, -0.05) is 35.3 Å². The standard InChI is InChI=1S/C13H8Cl2FNO/c14-11-3-1-2-10(12(11)15)7-4-8(13(17)18)6-9(16)5-7/h1-6H,(H2,17,18). The fourth-order valence-corrected chi connectivity index (χ4v) is 2.02. The van der Waals surface area contributed by atoms with Gasteiger partial charge in [0.2, 0.25) is 5.91 Å². The van der Waals surface area contributed by atoms with Gasteiger partial charge in [-0.05, 0) is 29.8 Å². The molecule has 5 heteroatoms. The Morgan fingerprint density at radius 1 is 1.17 bits per heavy atom. The second-order valence-corrected chi connectivity index (χ2v) is 4.48. The van der Waals surface area contributed by atoms with Gasteiger partial charge in [-0.25, -0.2) is 4.39 Å². The SMILES string of the molecule is NC(=O)c1cc(F)cc(-c2cccc(Cl)c2Cl)c1. The van der Waals surface area contributed by atoms with E-state index in [1.54, 1.807) is 18.2 Å². The Morgan fingerprint density at radius 2 is 1.89 bits per heavy atom. The molecule has 2 rings (SSSR count). The van der Waals surface area contributed by atoms with Crippen LogP contribution in [0.5, 0.6) is 0 Å². The maximum absolute atomic E-state index is 13.4. The minimum Gasteiger partial charge on any atom is -0.366 e. The third kappa shape index (κ3) is 2.47. The van der Waals surface area contributed by atoms with E-state index >= 15 is 0 Å². The molecule has 92 valence electrons. The molecule has 0 bridgehead atoms. The maximum atomic E-state index is 13.4. The van der Waals surface area contributed by atoms with Crippen LogP contribution in [0.4, 0.5) is 4.39 Å². The Morgan fingerprint density at radius 3 is 2.56 bits per heavy atom. The molecule has 0 saturated heterocycles. The number of benzene rings is 2. The van der Waals surface area contributed by atoms with Crippen LogP contribution in [0.3, 0.4) is 0 Å². The van der Waals surface area contributed by atoms with Crippen molar-refractivity contribution in [2.24, 2.45) is 5.73 Å². The second kappa shape index (κ2) is 4.96. The van der Waals surface area contributed by atoms with Crippen LogP contribution in [0.1, 0.15) is 10.4 Å².